The fourth-order valence-corrected chi connectivity index (χ4v) is 8.40. The standard InChI is InChI=1S/C40H30N4O/c1-24-13-18-36-37(38(24)44-31-10-5-3-8-27(31)28-9-4-6-11-32(28)44)40(2)19-7-12-35(39(40)45-36)43-33-16-14-25(22-41)20-29(33)30-21-26(23-42)15-17-34(30)43/h3-20,24,26,38-39H,21H2,1-2H3. The number of aromatic nitrogens is 2. The summed E-state index contributed by atoms with van der Waals surface area (Å²) in [5.41, 5.74) is 8.25. The van der Waals surface area contributed by atoms with E-state index in [1.54, 1.807) is 0 Å². The minimum Gasteiger partial charge on any atom is -0.483 e. The molecule has 9 rings (SSSR count). The number of fused-ring (bicyclic) bond motifs is 8. The van der Waals surface area contributed by atoms with Crippen LogP contribution in [-0.2, 0) is 11.2 Å². The number of nitrogens with zero attached hydrogens (tertiary/aromatic N) is 4. The molecule has 0 spiro atoms. The van der Waals surface area contributed by atoms with Crippen molar-refractivity contribution < 1.29 is 4.74 Å². The topological polar surface area (TPSA) is 66.7 Å². The Morgan fingerprint density at radius 1 is 0.889 bits per heavy atom. The zero-order chi connectivity index (χ0) is 30.4. The maximum absolute atomic E-state index is 9.76. The summed E-state index contributed by atoms with van der Waals surface area (Å²) in [5.74, 6) is 1.01. The lowest BCUT2D eigenvalue weighted by Gasteiger charge is -2.39. The van der Waals surface area contributed by atoms with E-state index in [-0.39, 0.29) is 24.0 Å². The van der Waals surface area contributed by atoms with Gasteiger partial charge in [-0.05, 0) is 73.4 Å². The Balaban J connectivity index is 1.23. The normalized spacial score (nSPS) is 26.4. The van der Waals surface area contributed by atoms with Gasteiger partial charge in [0.25, 0.3) is 0 Å². The van der Waals surface area contributed by atoms with E-state index in [0.29, 0.717) is 12.0 Å². The second kappa shape index (κ2) is 9.24. The molecule has 1 aliphatic heterocycles. The number of rotatable bonds is 2. The lowest BCUT2D eigenvalue weighted by atomic mass is 9.68. The molecule has 45 heavy (non-hydrogen) atoms. The molecule has 3 aromatic carbocycles. The van der Waals surface area contributed by atoms with E-state index in [2.05, 4.69) is 120 Å². The second-order valence-corrected chi connectivity index (χ2v) is 12.9. The van der Waals surface area contributed by atoms with Gasteiger partial charge in [0.05, 0.1) is 46.3 Å². The number of para-hydroxylation sites is 2. The lowest BCUT2D eigenvalue weighted by Crippen LogP contribution is -2.37. The summed E-state index contributed by atoms with van der Waals surface area (Å²) >= 11 is 0. The summed E-state index contributed by atoms with van der Waals surface area (Å²) in [7, 11) is 0. The first-order valence-corrected chi connectivity index (χ1v) is 15.6. The highest BCUT2D eigenvalue weighted by Crippen LogP contribution is 2.58. The molecule has 3 aliphatic carbocycles. The van der Waals surface area contributed by atoms with Gasteiger partial charge in [-0.2, -0.15) is 10.5 Å². The summed E-state index contributed by atoms with van der Waals surface area (Å²) in [6.07, 6.45) is 15.6. The van der Waals surface area contributed by atoms with Gasteiger partial charge >= 0.3 is 0 Å². The third-order valence-electron chi connectivity index (χ3n) is 10.4. The van der Waals surface area contributed by atoms with Crippen molar-refractivity contribution in [1.29, 1.82) is 10.5 Å². The van der Waals surface area contributed by atoms with Crippen molar-refractivity contribution >= 4 is 44.5 Å². The minimum absolute atomic E-state index is 0.0681. The van der Waals surface area contributed by atoms with Crippen LogP contribution >= 0.6 is 0 Å². The summed E-state index contributed by atoms with van der Waals surface area (Å²) in [5, 5.41) is 23.0. The van der Waals surface area contributed by atoms with E-state index < -0.39 is 5.41 Å². The number of nitriles is 2. The van der Waals surface area contributed by atoms with Gasteiger partial charge in [-0.1, -0.05) is 67.6 Å². The lowest BCUT2D eigenvalue weighted by molar-refractivity contribution is 0.139. The molecule has 2 aromatic heterocycles. The van der Waals surface area contributed by atoms with Gasteiger partial charge in [-0.15, -0.1) is 0 Å². The largest absolute Gasteiger partial charge is 0.483 e. The maximum Gasteiger partial charge on any atom is 0.152 e. The van der Waals surface area contributed by atoms with Gasteiger partial charge < -0.3 is 13.9 Å². The zero-order valence-corrected chi connectivity index (χ0v) is 25.1. The Morgan fingerprint density at radius 2 is 1.64 bits per heavy atom. The van der Waals surface area contributed by atoms with Gasteiger partial charge in [-0.25, -0.2) is 0 Å². The molecule has 5 heteroatoms. The van der Waals surface area contributed by atoms with Crippen LogP contribution in [0.1, 0.15) is 36.7 Å². The Hall–Kier alpha value is -5.52. The van der Waals surface area contributed by atoms with Crippen LogP contribution in [0.5, 0.6) is 0 Å². The van der Waals surface area contributed by atoms with Crippen LogP contribution in [0.25, 0.3) is 44.5 Å². The highest BCUT2D eigenvalue weighted by Gasteiger charge is 2.53. The summed E-state index contributed by atoms with van der Waals surface area (Å²) < 4.78 is 11.9. The number of ether oxygens (including phenoxy) is 1. The van der Waals surface area contributed by atoms with Crippen LogP contribution in [0.2, 0.25) is 0 Å². The summed E-state index contributed by atoms with van der Waals surface area (Å²) in [6, 6.07) is 28.2. The van der Waals surface area contributed by atoms with Crippen molar-refractivity contribution in [3.05, 3.63) is 131 Å². The fraction of sp³-hybridized carbons (Fsp3) is 0.200. The minimum atomic E-state index is -0.404. The molecular formula is C40H30N4O. The molecular weight excluding hydrogens is 552 g/mol. The third kappa shape index (κ3) is 3.41. The fourth-order valence-electron chi connectivity index (χ4n) is 8.40. The van der Waals surface area contributed by atoms with Gasteiger partial charge in [0.15, 0.2) is 6.10 Å². The molecule has 4 aliphatic rings. The van der Waals surface area contributed by atoms with Crippen molar-refractivity contribution in [2.24, 2.45) is 17.3 Å². The third-order valence-corrected chi connectivity index (χ3v) is 10.4. The van der Waals surface area contributed by atoms with Crippen LogP contribution in [0.15, 0.2) is 115 Å². The molecule has 0 amide bonds. The number of hydrogen-bond acceptors (Lipinski definition) is 3. The van der Waals surface area contributed by atoms with E-state index in [1.807, 2.05) is 24.3 Å². The van der Waals surface area contributed by atoms with Gasteiger partial charge in [0.1, 0.15) is 5.76 Å². The Bertz CT molecular complexity index is 2310. The SMILES string of the molecule is CC1C=CC2=C(C1n1c3ccccc3c3ccccc31)C1(C)C=CC=C(n3c4c(c5cc(C#N)ccc53)CC(C#N)C=C4)C1O2. The Labute approximate surface area is 261 Å². The Morgan fingerprint density at radius 3 is 2.38 bits per heavy atom. The maximum atomic E-state index is 9.76. The first-order valence-electron chi connectivity index (χ1n) is 15.6. The van der Waals surface area contributed by atoms with E-state index in [4.69, 9.17) is 4.74 Å². The highest BCUT2D eigenvalue weighted by molar-refractivity contribution is 6.08. The number of benzene rings is 3. The molecule has 216 valence electrons. The van der Waals surface area contributed by atoms with Crippen molar-refractivity contribution in [1.82, 2.24) is 9.13 Å². The molecule has 3 heterocycles. The van der Waals surface area contributed by atoms with Gasteiger partial charge in [0, 0.05) is 38.5 Å². The smallest absolute Gasteiger partial charge is 0.152 e. The van der Waals surface area contributed by atoms with Crippen LogP contribution in [0, 0.1) is 39.9 Å². The van der Waals surface area contributed by atoms with E-state index in [0.717, 1.165) is 33.6 Å². The van der Waals surface area contributed by atoms with Crippen LogP contribution in [0.3, 0.4) is 0 Å². The number of allylic oxidation sites excluding steroid dienone is 5. The second-order valence-electron chi connectivity index (χ2n) is 12.9. The highest BCUT2D eigenvalue weighted by atomic mass is 16.5. The molecule has 5 nitrogen and oxygen atoms in total. The molecule has 5 unspecified atom stereocenters. The first kappa shape index (κ1) is 25.9. The van der Waals surface area contributed by atoms with Crippen LogP contribution in [0.4, 0.5) is 0 Å². The quantitative estimate of drug-likeness (QED) is 0.209. The van der Waals surface area contributed by atoms with Crippen molar-refractivity contribution in [2.75, 3.05) is 0 Å². The van der Waals surface area contributed by atoms with E-state index in [9.17, 15) is 10.5 Å². The van der Waals surface area contributed by atoms with Crippen LogP contribution < -0.4 is 0 Å². The first-order chi connectivity index (χ1) is 22.0. The molecule has 0 saturated carbocycles. The Kier molecular flexibility index (Phi) is 5.33. The predicted molar refractivity (Wildman–Crippen MR) is 179 cm³/mol. The summed E-state index contributed by atoms with van der Waals surface area (Å²) in [4.78, 5) is 0. The zero-order valence-electron chi connectivity index (χ0n) is 25.1. The summed E-state index contributed by atoms with van der Waals surface area (Å²) in [6.45, 7) is 4.64. The molecule has 0 radical (unpaired) electrons. The molecule has 0 fully saturated rings. The molecule has 0 bridgehead atoms. The van der Waals surface area contributed by atoms with E-state index >= 15 is 0 Å². The van der Waals surface area contributed by atoms with Gasteiger partial charge in [-0.3, -0.25) is 0 Å². The van der Waals surface area contributed by atoms with E-state index in [1.165, 1.54) is 27.4 Å². The molecule has 5 atom stereocenters. The monoisotopic (exact) mass is 582 g/mol. The average Bonchev–Trinajstić information content (AvgIpc) is 3.69. The predicted octanol–water partition coefficient (Wildman–Crippen LogP) is 8.85. The van der Waals surface area contributed by atoms with Crippen LogP contribution in [-0.4, -0.2) is 15.2 Å². The van der Waals surface area contributed by atoms with Gasteiger partial charge in [0.2, 0.25) is 0 Å². The average molecular weight is 583 g/mol. The van der Waals surface area contributed by atoms with Crippen molar-refractivity contribution in [2.45, 2.75) is 32.4 Å². The molecule has 0 saturated heterocycles. The molecule has 5 aromatic rings. The van der Waals surface area contributed by atoms with Crippen molar-refractivity contribution in [3.8, 4) is 12.1 Å². The van der Waals surface area contributed by atoms with Crippen molar-refractivity contribution in [3.63, 3.8) is 0 Å². The molecule has 0 N–H and O–H groups in total. The number of hydrogen-bond donors (Lipinski definition) is 0.